The van der Waals surface area contributed by atoms with Gasteiger partial charge < -0.3 is 9.78 Å². The van der Waals surface area contributed by atoms with Gasteiger partial charge in [-0.05, 0) is 54.7 Å². The van der Waals surface area contributed by atoms with Crippen molar-refractivity contribution in [3.8, 4) is 0 Å². The minimum atomic E-state index is 0.0585. The molecule has 3 nitrogen and oxygen atoms in total. The number of aromatic nitrogens is 1. The molecule has 1 aromatic heterocycles. The number of piperidine rings is 1. The molecule has 2 bridgehead atoms. The minimum Gasteiger partial charge on any atom is -0.357 e. The van der Waals surface area contributed by atoms with Crippen molar-refractivity contribution in [1.82, 2.24) is 9.88 Å². The van der Waals surface area contributed by atoms with Crippen molar-refractivity contribution >= 4 is 17.2 Å². The van der Waals surface area contributed by atoms with E-state index in [1.165, 1.54) is 34.0 Å². The lowest BCUT2D eigenvalue weighted by Crippen LogP contribution is -2.55. The number of carbonyl (C=O) groups is 1. The molecule has 2 aromatic carbocycles. The molecule has 3 aromatic rings. The minimum absolute atomic E-state index is 0.0585. The number of nitrogens with one attached hydrogen (secondary N) is 1. The van der Waals surface area contributed by atoms with E-state index in [9.17, 15) is 4.79 Å². The van der Waals surface area contributed by atoms with Crippen LogP contribution >= 0.6 is 0 Å². The fraction of sp³-hybridized carbons (Fsp3) is 0.414. The first kappa shape index (κ1) is 21.2. The third-order valence-electron chi connectivity index (χ3n) is 7.86. The summed E-state index contributed by atoms with van der Waals surface area (Å²) in [5.41, 5.74) is 5.36. The summed E-state index contributed by atoms with van der Waals surface area (Å²) in [6, 6.07) is 20.0. The topological polar surface area (TPSA) is 36.1 Å². The van der Waals surface area contributed by atoms with Gasteiger partial charge >= 0.3 is 0 Å². The Morgan fingerprint density at radius 3 is 2.62 bits per heavy atom. The van der Waals surface area contributed by atoms with E-state index < -0.39 is 0 Å². The highest BCUT2D eigenvalue weighted by Gasteiger charge is 2.49. The molecule has 0 saturated carbocycles. The molecule has 2 aliphatic heterocycles. The monoisotopic (exact) mass is 426 g/mol. The van der Waals surface area contributed by atoms with Crippen LogP contribution in [0.25, 0.3) is 10.9 Å². The second kappa shape index (κ2) is 9.07. The number of aldehydes is 1. The second-order valence-electron chi connectivity index (χ2n) is 9.53. The van der Waals surface area contributed by atoms with Crippen LogP contribution in [-0.4, -0.2) is 22.2 Å². The van der Waals surface area contributed by atoms with E-state index >= 15 is 0 Å². The normalized spacial score (nSPS) is 26.3. The summed E-state index contributed by atoms with van der Waals surface area (Å²) in [6.45, 7) is 5.35. The number of carbonyl (C=O) groups excluding carboxylic acids is 1. The van der Waals surface area contributed by atoms with Gasteiger partial charge in [0.2, 0.25) is 0 Å². The van der Waals surface area contributed by atoms with Gasteiger partial charge in [-0.1, -0.05) is 74.5 Å². The first-order valence-corrected chi connectivity index (χ1v) is 12.3. The van der Waals surface area contributed by atoms with Crippen LogP contribution in [0, 0.1) is 17.8 Å². The Kier molecular flexibility index (Phi) is 6.01. The van der Waals surface area contributed by atoms with Crippen LogP contribution in [0.3, 0.4) is 0 Å². The van der Waals surface area contributed by atoms with Crippen molar-refractivity contribution in [2.24, 2.45) is 17.8 Å². The molecule has 1 unspecified atom stereocenters. The average Bonchev–Trinajstić information content (AvgIpc) is 3.19. The number of hydrogen-bond donors (Lipinski definition) is 1. The Hall–Kier alpha value is -2.65. The summed E-state index contributed by atoms with van der Waals surface area (Å²) in [7, 11) is 0. The van der Waals surface area contributed by atoms with Gasteiger partial charge in [0.15, 0.2) is 0 Å². The summed E-state index contributed by atoms with van der Waals surface area (Å²) >= 11 is 0. The highest BCUT2D eigenvalue weighted by Crippen LogP contribution is 2.50. The Morgan fingerprint density at radius 1 is 1.09 bits per heavy atom. The van der Waals surface area contributed by atoms with Crippen molar-refractivity contribution in [2.75, 3.05) is 0 Å². The molecule has 2 aliphatic rings. The number of nitrogens with zero attached hydrogens (tertiary/aromatic N) is 1. The Bertz CT molecular complexity index is 1100. The van der Waals surface area contributed by atoms with Crippen LogP contribution in [0.2, 0.25) is 0 Å². The molecule has 166 valence electrons. The molecule has 1 fully saturated rings. The predicted octanol–water partition coefficient (Wildman–Crippen LogP) is 6.46. The maximum absolute atomic E-state index is 12.6. The molecule has 5 atom stereocenters. The number of allylic oxidation sites excluding steroid dienone is 2. The van der Waals surface area contributed by atoms with Crippen molar-refractivity contribution in [2.45, 2.75) is 58.2 Å². The van der Waals surface area contributed by atoms with Crippen LogP contribution < -0.4 is 0 Å². The van der Waals surface area contributed by atoms with Gasteiger partial charge in [0.1, 0.15) is 6.29 Å². The van der Waals surface area contributed by atoms with Crippen molar-refractivity contribution in [3.63, 3.8) is 0 Å². The Labute approximate surface area is 191 Å². The molecule has 0 aliphatic carbocycles. The second-order valence-corrected chi connectivity index (χ2v) is 9.53. The lowest BCUT2D eigenvalue weighted by atomic mass is 9.66. The first-order chi connectivity index (χ1) is 15.7. The van der Waals surface area contributed by atoms with E-state index in [2.05, 4.69) is 90.5 Å². The number of para-hydroxylation sites is 1. The molecule has 3 heteroatoms. The molecule has 3 heterocycles. The van der Waals surface area contributed by atoms with Gasteiger partial charge in [0, 0.05) is 35.1 Å². The van der Waals surface area contributed by atoms with Gasteiger partial charge in [-0.15, -0.1) is 0 Å². The van der Waals surface area contributed by atoms with E-state index in [1.54, 1.807) is 0 Å². The largest absolute Gasteiger partial charge is 0.357 e. The molecule has 0 amide bonds. The zero-order valence-corrected chi connectivity index (χ0v) is 19.2. The molecule has 1 saturated heterocycles. The highest BCUT2D eigenvalue weighted by atomic mass is 16.1. The fourth-order valence-corrected chi connectivity index (χ4v) is 6.33. The summed E-state index contributed by atoms with van der Waals surface area (Å²) in [4.78, 5) is 19.0. The van der Waals surface area contributed by atoms with E-state index in [0.717, 1.165) is 32.2 Å². The Morgan fingerprint density at radius 2 is 1.88 bits per heavy atom. The number of H-pyrrole nitrogens is 1. The fourth-order valence-electron chi connectivity index (χ4n) is 6.33. The first-order valence-electron chi connectivity index (χ1n) is 12.3. The van der Waals surface area contributed by atoms with E-state index in [1.807, 2.05) is 0 Å². The van der Waals surface area contributed by atoms with Crippen LogP contribution in [0.5, 0.6) is 0 Å². The molecule has 5 rings (SSSR count). The predicted molar refractivity (Wildman–Crippen MR) is 131 cm³/mol. The van der Waals surface area contributed by atoms with Crippen molar-refractivity contribution < 1.29 is 4.79 Å². The van der Waals surface area contributed by atoms with Gasteiger partial charge in [0.05, 0.1) is 6.04 Å². The van der Waals surface area contributed by atoms with Gasteiger partial charge in [-0.25, -0.2) is 0 Å². The third-order valence-corrected chi connectivity index (χ3v) is 7.86. The van der Waals surface area contributed by atoms with Crippen LogP contribution in [-0.2, 0) is 17.8 Å². The maximum atomic E-state index is 12.6. The van der Waals surface area contributed by atoms with E-state index in [0.29, 0.717) is 17.9 Å². The summed E-state index contributed by atoms with van der Waals surface area (Å²) in [5, 5.41) is 1.33. The average molecular weight is 427 g/mol. The van der Waals surface area contributed by atoms with E-state index in [4.69, 9.17) is 0 Å². The lowest BCUT2D eigenvalue weighted by Gasteiger charge is -2.53. The molecular formula is C29H34N2O. The lowest BCUT2D eigenvalue weighted by molar-refractivity contribution is -0.121. The van der Waals surface area contributed by atoms with Gasteiger partial charge in [-0.3, -0.25) is 4.90 Å². The zero-order valence-electron chi connectivity index (χ0n) is 19.2. The maximum Gasteiger partial charge on any atom is 0.124 e. The smallest absolute Gasteiger partial charge is 0.124 e. The standard InChI is InChI=1S/C29H34N2O/c1-3-5-13-21(4-2)23-16-28-29-24(22-14-9-10-15-26(22)30-29)17-27(25(23)19-32)31(28)18-20-11-7-6-8-12-20/h5-15,19,21,23,25,27-28,30H,3-4,16-18H2,1-2H3/b13-5+/t21-,23?,25+,27+,28+/m1/s1. The highest BCUT2D eigenvalue weighted by molar-refractivity contribution is 5.85. The van der Waals surface area contributed by atoms with E-state index in [-0.39, 0.29) is 12.0 Å². The summed E-state index contributed by atoms with van der Waals surface area (Å²) in [6.07, 6.45) is 10.1. The Balaban J connectivity index is 1.59. The van der Waals surface area contributed by atoms with Crippen LogP contribution in [0.15, 0.2) is 66.7 Å². The molecular weight excluding hydrogens is 392 g/mol. The van der Waals surface area contributed by atoms with Crippen LogP contribution in [0.4, 0.5) is 0 Å². The summed E-state index contributed by atoms with van der Waals surface area (Å²) in [5.74, 6) is 0.907. The van der Waals surface area contributed by atoms with Crippen molar-refractivity contribution in [1.29, 1.82) is 0 Å². The van der Waals surface area contributed by atoms with Gasteiger partial charge in [0.25, 0.3) is 0 Å². The summed E-state index contributed by atoms with van der Waals surface area (Å²) < 4.78 is 0. The number of fused-ring (bicyclic) bond motifs is 6. The molecule has 0 spiro atoms. The van der Waals surface area contributed by atoms with Crippen LogP contribution in [0.1, 0.15) is 56.0 Å². The quantitative estimate of drug-likeness (QED) is 0.347. The third kappa shape index (κ3) is 3.63. The number of aromatic amines is 1. The number of rotatable bonds is 7. The van der Waals surface area contributed by atoms with Crippen molar-refractivity contribution in [3.05, 3.63) is 83.6 Å². The SMILES string of the molecule is CC/C=C/[C@@H](CC)C1C[C@H]2c3[nH]c4ccccc4c3C[C@@H]([C@H]1C=O)N2Cc1ccccc1. The molecule has 0 radical (unpaired) electrons. The number of benzene rings is 2. The zero-order chi connectivity index (χ0) is 22.1. The molecule has 1 N–H and O–H groups in total. The molecule has 32 heavy (non-hydrogen) atoms. The number of hydrogen-bond acceptors (Lipinski definition) is 2. The van der Waals surface area contributed by atoms with Gasteiger partial charge in [-0.2, -0.15) is 0 Å².